The van der Waals surface area contributed by atoms with Gasteiger partial charge in [0.05, 0.1) is 11.5 Å². The lowest BCUT2D eigenvalue weighted by molar-refractivity contribution is -0.176. The SMILES string of the molecule is CO[C@H](C)[C@H](NC(=O)C(F)(F)F)C(=O)C12C(C(N)=O)NCC1C2(C)C. The number of ether oxygens (including phenoxy) is 1. The van der Waals surface area contributed by atoms with Gasteiger partial charge in [-0.2, -0.15) is 13.2 Å². The standard InChI is InChI=1S/C15H22F3N3O4/c1-6(25-4)8(21-12(24)15(16,17)18)10(22)14-7(13(14,2)3)5-20-9(14)11(19)23/h6-9,20H,5H2,1-4H3,(H2,19,23)(H,21,24)/t6-,7?,8+,9?,14?/m1/s1. The van der Waals surface area contributed by atoms with Gasteiger partial charge in [0, 0.05) is 13.7 Å². The van der Waals surface area contributed by atoms with Crippen LogP contribution in [0.25, 0.3) is 0 Å². The predicted molar refractivity (Wildman–Crippen MR) is 80.2 cm³/mol. The monoisotopic (exact) mass is 365 g/mol. The zero-order valence-corrected chi connectivity index (χ0v) is 14.4. The molecule has 1 heterocycles. The van der Waals surface area contributed by atoms with E-state index in [1.807, 2.05) is 0 Å². The lowest BCUT2D eigenvalue weighted by Crippen LogP contribution is -2.59. The molecule has 1 saturated carbocycles. The first-order valence-corrected chi connectivity index (χ1v) is 7.81. The number of nitrogens with one attached hydrogen (secondary N) is 2. The summed E-state index contributed by atoms with van der Waals surface area (Å²) in [4.78, 5) is 36.3. The zero-order chi connectivity index (χ0) is 19.4. The number of hydrogen-bond donors (Lipinski definition) is 3. The third-order valence-corrected chi connectivity index (χ3v) is 5.75. The van der Waals surface area contributed by atoms with Gasteiger partial charge in [-0.05, 0) is 18.3 Å². The van der Waals surface area contributed by atoms with Gasteiger partial charge in [-0.15, -0.1) is 0 Å². The maximum atomic E-state index is 13.2. The number of carbonyl (C=O) groups is 3. The van der Waals surface area contributed by atoms with E-state index in [1.54, 1.807) is 19.2 Å². The molecule has 5 atom stereocenters. The number of carbonyl (C=O) groups excluding carboxylic acids is 3. The van der Waals surface area contributed by atoms with E-state index >= 15 is 0 Å². The number of piperidine rings is 1. The van der Waals surface area contributed by atoms with Crippen LogP contribution in [0, 0.1) is 16.7 Å². The quantitative estimate of drug-likeness (QED) is 0.601. The first kappa shape index (κ1) is 19.6. The second-order valence-corrected chi connectivity index (χ2v) is 7.14. The maximum Gasteiger partial charge on any atom is 0.471 e. The molecule has 1 aliphatic carbocycles. The summed E-state index contributed by atoms with van der Waals surface area (Å²) in [5.74, 6) is -3.93. The molecule has 10 heteroatoms. The van der Waals surface area contributed by atoms with Crippen LogP contribution >= 0.6 is 0 Å². The number of Topliss-reactive ketones (excluding diaryl/α,β-unsaturated/α-hetero) is 1. The zero-order valence-electron chi connectivity index (χ0n) is 14.4. The summed E-state index contributed by atoms with van der Waals surface area (Å²) >= 11 is 0. The van der Waals surface area contributed by atoms with Crippen molar-refractivity contribution in [2.45, 2.75) is 45.1 Å². The van der Waals surface area contributed by atoms with Gasteiger partial charge < -0.3 is 21.1 Å². The Kier molecular flexibility index (Phi) is 4.67. The lowest BCUT2D eigenvalue weighted by atomic mass is 9.80. The van der Waals surface area contributed by atoms with Gasteiger partial charge in [-0.1, -0.05) is 13.8 Å². The molecule has 4 N–H and O–H groups in total. The van der Waals surface area contributed by atoms with Crippen LogP contribution in [0.2, 0.25) is 0 Å². The Balaban J connectivity index is 2.39. The van der Waals surface area contributed by atoms with Gasteiger partial charge in [0.1, 0.15) is 12.1 Å². The summed E-state index contributed by atoms with van der Waals surface area (Å²) in [6.07, 6.45) is -6.15. The van der Waals surface area contributed by atoms with Gasteiger partial charge in [-0.25, -0.2) is 0 Å². The summed E-state index contributed by atoms with van der Waals surface area (Å²) < 4.78 is 42.9. The van der Waals surface area contributed by atoms with E-state index in [1.165, 1.54) is 14.0 Å². The average molecular weight is 365 g/mol. The summed E-state index contributed by atoms with van der Waals surface area (Å²) in [5.41, 5.74) is 3.48. The fourth-order valence-corrected chi connectivity index (χ4v) is 4.26. The second kappa shape index (κ2) is 5.94. The van der Waals surface area contributed by atoms with Gasteiger partial charge in [-0.3, -0.25) is 14.4 Å². The Bertz CT molecular complexity index is 607. The number of halogens is 3. The highest BCUT2D eigenvalue weighted by Gasteiger charge is 2.82. The van der Waals surface area contributed by atoms with E-state index in [4.69, 9.17) is 10.5 Å². The molecular weight excluding hydrogens is 343 g/mol. The molecule has 0 aromatic rings. The smallest absolute Gasteiger partial charge is 0.379 e. The second-order valence-electron chi connectivity index (χ2n) is 7.14. The van der Waals surface area contributed by atoms with E-state index in [9.17, 15) is 27.6 Å². The normalized spacial score (nSPS) is 32.4. The van der Waals surface area contributed by atoms with E-state index in [0.717, 1.165) is 0 Å². The number of alkyl halides is 3. The van der Waals surface area contributed by atoms with Crippen LogP contribution in [0.4, 0.5) is 13.2 Å². The molecule has 2 rings (SSSR count). The Labute approximate surface area is 142 Å². The van der Waals surface area contributed by atoms with Crippen molar-refractivity contribution in [1.82, 2.24) is 10.6 Å². The van der Waals surface area contributed by atoms with Crippen molar-refractivity contribution in [2.24, 2.45) is 22.5 Å². The molecule has 2 amide bonds. The molecule has 0 aromatic heterocycles. The molecule has 2 aliphatic rings. The van der Waals surface area contributed by atoms with Crippen LogP contribution in [0.15, 0.2) is 0 Å². The van der Waals surface area contributed by atoms with Crippen molar-refractivity contribution in [3.05, 3.63) is 0 Å². The topological polar surface area (TPSA) is 111 Å². The molecule has 0 bridgehead atoms. The number of rotatable bonds is 6. The minimum absolute atomic E-state index is 0.264. The molecule has 1 aliphatic heterocycles. The Morgan fingerprint density at radius 3 is 2.28 bits per heavy atom. The fraction of sp³-hybridized carbons (Fsp3) is 0.800. The molecule has 0 aromatic carbocycles. The summed E-state index contributed by atoms with van der Waals surface area (Å²) in [5, 5.41) is 4.57. The van der Waals surface area contributed by atoms with Gasteiger partial charge in [0.2, 0.25) is 5.91 Å². The van der Waals surface area contributed by atoms with E-state index in [0.29, 0.717) is 6.54 Å². The van der Waals surface area contributed by atoms with Crippen molar-refractivity contribution in [1.29, 1.82) is 0 Å². The number of nitrogens with two attached hydrogens (primary N) is 1. The van der Waals surface area contributed by atoms with Crippen LogP contribution in [-0.2, 0) is 19.1 Å². The Morgan fingerprint density at radius 2 is 1.88 bits per heavy atom. The average Bonchev–Trinajstić information content (AvgIpc) is 2.85. The van der Waals surface area contributed by atoms with Gasteiger partial charge in [0.15, 0.2) is 5.78 Å². The highest BCUT2D eigenvalue weighted by atomic mass is 19.4. The van der Waals surface area contributed by atoms with E-state index in [-0.39, 0.29) is 5.92 Å². The van der Waals surface area contributed by atoms with Crippen molar-refractivity contribution in [3.8, 4) is 0 Å². The minimum Gasteiger partial charge on any atom is -0.379 e. The highest BCUT2D eigenvalue weighted by molar-refractivity contribution is 6.03. The third kappa shape index (κ3) is 2.71. The first-order chi connectivity index (χ1) is 11.3. The number of primary amides is 1. The molecule has 25 heavy (non-hydrogen) atoms. The predicted octanol–water partition coefficient (Wildman–Crippen LogP) is -0.263. The van der Waals surface area contributed by atoms with Crippen molar-refractivity contribution in [2.75, 3.05) is 13.7 Å². The number of hydrogen-bond acceptors (Lipinski definition) is 5. The number of amides is 2. The first-order valence-electron chi connectivity index (χ1n) is 7.81. The lowest BCUT2D eigenvalue weighted by Gasteiger charge is -2.31. The van der Waals surface area contributed by atoms with E-state index < -0.39 is 52.8 Å². The van der Waals surface area contributed by atoms with Crippen molar-refractivity contribution in [3.63, 3.8) is 0 Å². The molecule has 0 radical (unpaired) electrons. The van der Waals surface area contributed by atoms with Gasteiger partial charge >= 0.3 is 12.1 Å². The molecule has 3 unspecified atom stereocenters. The molecule has 0 spiro atoms. The number of fused-ring (bicyclic) bond motifs is 1. The summed E-state index contributed by atoms with van der Waals surface area (Å²) in [6, 6.07) is -2.56. The minimum atomic E-state index is -5.14. The van der Waals surface area contributed by atoms with Crippen LogP contribution < -0.4 is 16.4 Å². The third-order valence-electron chi connectivity index (χ3n) is 5.75. The molecule has 7 nitrogen and oxygen atoms in total. The van der Waals surface area contributed by atoms with Crippen LogP contribution in [0.1, 0.15) is 20.8 Å². The number of ketones is 1. The Hall–Kier alpha value is -1.68. The summed E-state index contributed by atoms with van der Waals surface area (Å²) in [7, 11) is 1.22. The molecule has 2 fully saturated rings. The van der Waals surface area contributed by atoms with Crippen LogP contribution in [0.5, 0.6) is 0 Å². The van der Waals surface area contributed by atoms with Gasteiger partial charge in [0.25, 0.3) is 0 Å². The molecular formula is C15H22F3N3O4. The summed E-state index contributed by atoms with van der Waals surface area (Å²) in [6.45, 7) is 5.23. The molecule has 142 valence electrons. The number of methoxy groups -OCH3 is 1. The van der Waals surface area contributed by atoms with Crippen molar-refractivity contribution < 1.29 is 32.3 Å². The Morgan fingerprint density at radius 1 is 1.32 bits per heavy atom. The van der Waals surface area contributed by atoms with E-state index in [2.05, 4.69) is 5.32 Å². The highest BCUT2D eigenvalue weighted by Crippen LogP contribution is 2.73. The largest absolute Gasteiger partial charge is 0.471 e. The van der Waals surface area contributed by atoms with Crippen LogP contribution in [-0.4, -0.2) is 55.6 Å². The fourth-order valence-electron chi connectivity index (χ4n) is 4.26. The van der Waals surface area contributed by atoms with Crippen LogP contribution in [0.3, 0.4) is 0 Å². The van der Waals surface area contributed by atoms with Crippen molar-refractivity contribution >= 4 is 17.6 Å². The molecule has 1 saturated heterocycles. The maximum absolute atomic E-state index is 13.2.